The minimum atomic E-state index is 0.0286. The van der Waals surface area contributed by atoms with Gasteiger partial charge in [0, 0.05) is 32.9 Å². The Kier molecular flexibility index (Phi) is 10.5. The van der Waals surface area contributed by atoms with Crippen LogP contribution in [0.3, 0.4) is 0 Å². The van der Waals surface area contributed by atoms with Crippen molar-refractivity contribution < 1.29 is 0 Å². The molecule has 0 N–H and O–H groups in total. The highest BCUT2D eigenvalue weighted by Gasteiger charge is 2.25. The van der Waals surface area contributed by atoms with E-state index in [2.05, 4.69) is 275 Å². The van der Waals surface area contributed by atoms with Crippen LogP contribution >= 0.6 is 0 Å². The molecule has 1 aromatic heterocycles. The maximum atomic E-state index is 2.53. The Morgan fingerprint density at radius 1 is 0.314 bits per heavy atom. The Bertz CT molecular complexity index is 3600. The van der Waals surface area contributed by atoms with Crippen LogP contribution in [0.25, 0.3) is 82.1 Å². The fourth-order valence-electron chi connectivity index (χ4n) is 10.8. The minimum Gasteiger partial charge on any atom is -0.310 e. The highest BCUT2D eigenvalue weighted by Crippen LogP contribution is 2.47. The van der Waals surface area contributed by atoms with Gasteiger partial charge in [-0.2, -0.15) is 0 Å². The predicted octanol–water partition coefficient (Wildman–Crippen LogP) is 19.7. The van der Waals surface area contributed by atoms with Crippen LogP contribution in [0.15, 0.2) is 182 Å². The number of fused-ring (bicyclic) bond motifs is 3. The standard InChI is InChI=1S/C68H66N2/c1-65(2,3)49-27-19-43(20-28-49)47-15-13-17-53(39-47)69(54-18-14-16-48(40-54)44-21-29-50(30-22-44)66(4,5)6)59-35-25-45-24-34-56-60(36-26-46-23-33-55(59)63(45)64(46)56)70-61-37-31-51(67(7,8)9)41-57(61)58-42-52(68(10,11)12)32-38-62(58)70/h13-42H,1-12H3. The van der Waals surface area contributed by atoms with Crippen LogP contribution in [0.4, 0.5) is 17.1 Å². The molecule has 0 saturated heterocycles. The minimum absolute atomic E-state index is 0.0286. The van der Waals surface area contributed by atoms with Crippen LogP contribution in [0.2, 0.25) is 0 Å². The normalized spacial score (nSPS) is 12.9. The van der Waals surface area contributed by atoms with Gasteiger partial charge in [0.05, 0.1) is 22.4 Å². The van der Waals surface area contributed by atoms with Crippen molar-refractivity contribution in [2.75, 3.05) is 4.90 Å². The van der Waals surface area contributed by atoms with Crippen LogP contribution < -0.4 is 4.90 Å². The Hall–Kier alpha value is -7.16. The van der Waals surface area contributed by atoms with E-state index in [1.165, 1.54) is 104 Å². The van der Waals surface area contributed by atoms with E-state index in [-0.39, 0.29) is 21.7 Å². The van der Waals surface area contributed by atoms with Crippen molar-refractivity contribution in [3.05, 3.63) is 204 Å². The van der Waals surface area contributed by atoms with Crippen LogP contribution in [0.5, 0.6) is 0 Å². The molecule has 0 saturated carbocycles. The van der Waals surface area contributed by atoms with Crippen LogP contribution in [0.1, 0.15) is 105 Å². The van der Waals surface area contributed by atoms with E-state index in [0.717, 1.165) is 17.1 Å². The highest BCUT2D eigenvalue weighted by molar-refractivity contribution is 6.27. The van der Waals surface area contributed by atoms with E-state index < -0.39 is 0 Å². The number of anilines is 3. The zero-order valence-corrected chi connectivity index (χ0v) is 43.2. The van der Waals surface area contributed by atoms with E-state index in [0.29, 0.717) is 0 Å². The number of rotatable bonds is 6. The Morgan fingerprint density at radius 3 is 1.17 bits per heavy atom. The van der Waals surface area contributed by atoms with Crippen molar-refractivity contribution in [3.63, 3.8) is 0 Å². The molecule has 0 spiro atoms. The van der Waals surface area contributed by atoms with Crippen molar-refractivity contribution in [2.45, 2.75) is 105 Å². The third kappa shape index (κ3) is 7.83. The number of benzene rings is 10. The summed E-state index contributed by atoms with van der Waals surface area (Å²) in [5, 5.41) is 10.1. The first-order chi connectivity index (χ1) is 33.2. The first-order valence-corrected chi connectivity index (χ1v) is 25.2. The molecule has 10 aromatic carbocycles. The molecule has 0 unspecified atom stereocenters. The summed E-state index contributed by atoms with van der Waals surface area (Å²) in [7, 11) is 0. The van der Waals surface area contributed by atoms with Gasteiger partial charge in [0.25, 0.3) is 0 Å². The maximum absolute atomic E-state index is 2.53. The summed E-state index contributed by atoms with van der Waals surface area (Å²) in [5.41, 5.74) is 17.4. The lowest BCUT2D eigenvalue weighted by Crippen LogP contribution is -2.11. The van der Waals surface area contributed by atoms with E-state index in [1.54, 1.807) is 0 Å². The zero-order chi connectivity index (χ0) is 49.1. The molecule has 11 rings (SSSR count). The van der Waals surface area contributed by atoms with Gasteiger partial charge in [-0.15, -0.1) is 0 Å². The fraction of sp³-hybridized carbons (Fsp3) is 0.235. The molecule has 0 bridgehead atoms. The molecule has 70 heavy (non-hydrogen) atoms. The molecule has 2 heteroatoms. The average Bonchev–Trinajstić information content (AvgIpc) is 3.66. The molecule has 0 fully saturated rings. The fourth-order valence-corrected chi connectivity index (χ4v) is 10.8. The summed E-state index contributed by atoms with van der Waals surface area (Å²) in [4.78, 5) is 2.49. The smallest absolute Gasteiger partial charge is 0.0541 e. The second-order valence-corrected chi connectivity index (χ2v) is 24.0. The van der Waals surface area contributed by atoms with Gasteiger partial charge < -0.3 is 9.47 Å². The molecule has 0 aliphatic heterocycles. The van der Waals surface area contributed by atoms with Crippen molar-refractivity contribution in [3.8, 4) is 27.9 Å². The topological polar surface area (TPSA) is 8.17 Å². The number of aromatic nitrogens is 1. The first kappa shape index (κ1) is 45.3. The lowest BCUT2D eigenvalue weighted by Gasteiger charge is -2.29. The summed E-state index contributed by atoms with van der Waals surface area (Å²) in [5.74, 6) is 0. The van der Waals surface area contributed by atoms with Gasteiger partial charge in [-0.05, 0) is 148 Å². The third-order valence-electron chi connectivity index (χ3n) is 15.0. The van der Waals surface area contributed by atoms with Crippen molar-refractivity contribution >= 4 is 71.2 Å². The summed E-state index contributed by atoms with van der Waals surface area (Å²) >= 11 is 0. The monoisotopic (exact) mass is 911 g/mol. The van der Waals surface area contributed by atoms with Crippen LogP contribution in [0, 0.1) is 0 Å². The van der Waals surface area contributed by atoms with Gasteiger partial charge in [0.1, 0.15) is 0 Å². The Morgan fingerprint density at radius 2 is 0.714 bits per heavy atom. The maximum Gasteiger partial charge on any atom is 0.0541 e. The molecule has 2 nitrogen and oxygen atoms in total. The number of hydrogen-bond acceptors (Lipinski definition) is 1. The quantitative estimate of drug-likeness (QED) is 0.151. The summed E-state index contributed by atoms with van der Waals surface area (Å²) in [6.45, 7) is 27.6. The van der Waals surface area contributed by atoms with E-state index >= 15 is 0 Å². The van der Waals surface area contributed by atoms with Crippen molar-refractivity contribution in [2.24, 2.45) is 0 Å². The molecular formula is C68H66N2. The lowest BCUT2D eigenvalue weighted by atomic mass is 9.85. The van der Waals surface area contributed by atoms with Gasteiger partial charge in [-0.3, -0.25) is 0 Å². The van der Waals surface area contributed by atoms with E-state index in [4.69, 9.17) is 0 Å². The SMILES string of the molecule is CC(C)(C)c1ccc(-c2cccc(N(c3cccc(-c4ccc(C(C)(C)C)cc4)c3)c3ccc4ccc5c(-n6c7ccc(C(C)(C)C)cc7c7cc(C(C)(C)C)ccc76)ccc6ccc3c4c65)c2)cc1. The molecule has 1 heterocycles. The Labute approximate surface area is 415 Å². The predicted molar refractivity (Wildman–Crippen MR) is 305 cm³/mol. The summed E-state index contributed by atoms with van der Waals surface area (Å²) < 4.78 is 2.53. The zero-order valence-electron chi connectivity index (χ0n) is 43.2. The molecule has 0 radical (unpaired) electrons. The van der Waals surface area contributed by atoms with Crippen molar-refractivity contribution in [1.29, 1.82) is 0 Å². The first-order valence-electron chi connectivity index (χ1n) is 25.2. The van der Waals surface area contributed by atoms with Crippen molar-refractivity contribution in [1.82, 2.24) is 4.57 Å². The van der Waals surface area contributed by atoms with Gasteiger partial charge in [-0.1, -0.05) is 204 Å². The van der Waals surface area contributed by atoms with Crippen LogP contribution in [-0.4, -0.2) is 4.57 Å². The van der Waals surface area contributed by atoms with E-state index in [9.17, 15) is 0 Å². The molecule has 0 aliphatic rings. The largest absolute Gasteiger partial charge is 0.310 e. The second-order valence-electron chi connectivity index (χ2n) is 24.0. The lowest BCUT2D eigenvalue weighted by molar-refractivity contribution is 0.590. The van der Waals surface area contributed by atoms with Gasteiger partial charge in [0.15, 0.2) is 0 Å². The van der Waals surface area contributed by atoms with Crippen LogP contribution in [-0.2, 0) is 21.7 Å². The number of hydrogen-bond donors (Lipinski definition) is 0. The molecule has 0 aliphatic carbocycles. The molecule has 348 valence electrons. The van der Waals surface area contributed by atoms with E-state index in [1.807, 2.05) is 0 Å². The number of nitrogens with zero attached hydrogens (tertiary/aromatic N) is 2. The highest BCUT2D eigenvalue weighted by atomic mass is 15.1. The molecule has 0 atom stereocenters. The summed E-state index contributed by atoms with van der Waals surface area (Å²) in [6.07, 6.45) is 0. The second kappa shape index (κ2) is 16.2. The summed E-state index contributed by atoms with van der Waals surface area (Å²) in [6, 6.07) is 69.5. The molecule has 11 aromatic rings. The third-order valence-corrected chi connectivity index (χ3v) is 15.0. The Balaban J connectivity index is 1.13. The van der Waals surface area contributed by atoms with Gasteiger partial charge >= 0.3 is 0 Å². The average molecular weight is 911 g/mol. The molecular weight excluding hydrogens is 845 g/mol. The molecule has 0 amide bonds. The van der Waals surface area contributed by atoms with Gasteiger partial charge in [0.2, 0.25) is 0 Å². The van der Waals surface area contributed by atoms with Gasteiger partial charge in [-0.25, -0.2) is 0 Å².